The first kappa shape index (κ1) is 24.9. The molecule has 0 unspecified atom stereocenters. The van der Waals surface area contributed by atoms with Crippen molar-refractivity contribution in [3.63, 3.8) is 0 Å². The zero-order valence-corrected chi connectivity index (χ0v) is 21.2. The van der Waals surface area contributed by atoms with Crippen molar-refractivity contribution in [3.05, 3.63) is 58.9 Å². The highest BCUT2D eigenvalue weighted by Gasteiger charge is 2.48. The zero-order valence-electron chi connectivity index (χ0n) is 21.2. The molecule has 2 fully saturated rings. The third-order valence-electron chi connectivity index (χ3n) is 7.38. The van der Waals surface area contributed by atoms with Crippen LogP contribution in [0.4, 0.5) is 0 Å². The lowest BCUT2D eigenvalue weighted by molar-refractivity contribution is -0.127. The topological polar surface area (TPSA) is 95.1 Å². The van der Waals surface area contributed by atoms with Crippen molar-refractivity contribution >= 4 is 17.7 Å². The summed E-state index contributed by atoms with van der Waals surface area (Å²) in [7, 11) is 1.55. The Kier molecular flexibility index (Phi) is 6.96. The van der Waals surface area contributed by atoms with Gasteiger partial charge in [-0.05, 0) is 36.4 Å². The third kappa shape index (κ3) is 5.22. The Morgan fingerprint density at radius 2 is 1.86 bits per heavy atom. The molecule has 3 aliphatic rings. The second-order valence-corrected chi connectivity index (χ2v) is 9.82. The van der Waals surface area contributed by atoms with Crippen LogP contribution in [0.3, 0.4) is 0 Å². The van der Waals surface area contributed by atoms with Gasteiger partial charge in [-0.25, -0.2) is 0 Å². The molecule has 0 saturated carbocycles. The molecule has 9 nitrogen and oxygen atoms in total. The molecule has 1 N–H and O–H groups in total. The predicted octanol–water partition coefficient (Wildman–Crippen LogP) is 1.27. The van der Waals surface area contributed by atoms with Gasteiger partial charge in [-0.15, -0.1) is 0 Å². The van der Waals surface area contributed by atoms with E-state index in [9.17, 15) is 14.4 Å². The molecule has 9 heteroatoms. The Labute approximate surface area is 216 Å². The van der Waals surface area contributed by atoms with Gasteiger partial charge in [0.15, 0.2) is 0 Å². The number of carbonyl (C=O) groups excluding carboxylic acids is 3. The van der Waals surface area contributed by atoms with Crippen LogP contribution in [0.25, 0.3) is 0 Å². The summed E-state index contributed by atoms with van der Waals surface area (Å²) in [5, 5.41) is 2.37. The lowest BCUT2D eigenvalue weighted by atomic mass is 9.85. The second-order valence-electron chi connectivity index (χ2n) is 9.82. The van der Waals surface area contributed by atoms with Gasteiger partial charge in [0.25, 0.3) is 5.91 Å². The molecule has 3 amide bonds. The maximum Gasteiger partial charge on any atom is 0.254 e. The van der Waals surface area contributed by atoms with Crippen LogP contribution >= 0.6 is 0 Å². The Hall–Kier alpha value is -3.74. The summed E-state index contributed by atoms with van der Waals surface area (Å²) < 4.78 is 5.24. The van der Waals surface area contributed by atoms with E-state index in [1.54, 1.807) is 30.3 Å². The van der Waals surface area contributed by atoms with Crippen LogP contribution in [-0.4, -0.2) is 83.8 Å². The summed E-state index contributed by atoms with van der Waals surface area (Å²) in [5.41, 5.74) is 1.72. The van der Waals surface area contributed by atoms with Gasteiger partial charge in [0.1, 0.15) is 11.2 Å². The number of hydrogen-bond donors (Lipinski definition) is 1. The van der Waals surface area contributed by atoms with Gasteiger partial charge in [-0.3, -0.25) is 29.6 Å². The van der Waals surface area contributed by atoms with Gasteiger partial charge in [-0.2, -0.15) is 0 Å². The number of piperazine rings is 1. The lowest BCUT2D eigenvalue weighted by Crippen LogP contribution is -2.45. The summed E-state index contributed by atoms with van der Waals surface area (Å²) in [6.45, 7) is 8.62. The van der Waals surface area contributed by atoms with Crippen LogP contribution in [-0.2, 0) is 22.7 Å². The van der Waals surface area contributed by atoms with Crippen molar-refractivity contribution in [2.45, 2.75) is 26.4 Å². The fourth-order valence-corrected chi connectivity index (χ4v) is 5.11. The Morgan fingerprint density at radius 3 is 2.51 bits per heavy atom. The van der Waals surface area contributed by atoms with Crippen molar-refractivity contribution in [1.29, 1.82) is 0 Å². The van der Waals surface area contributed by atoms with Crippen LogP contribution in [0.15, 0.2) is 36.5 Å². The minimum absolute atomic E-state index is 0.0304. The van der Waals surface area contributed by atoms with Gasteiger partial charge in [-0.1, -0.05) is 24.8 Å². The van der Waals surface area contributed by atoms with Crippen molar-refractivity contribution in [2.75, 3.05) is 46.4 Å². The van der Waals surface area contributed by atoms with E-state index in [-0.39, 0.29) is 24.8 Å². The molecule has 2 aromatic rings. The number of carbonyl (C=O) groups is 3. The fourth-order valence-electron chi connectivity index (χ4n) is 5.11. The van der Waals surface area contributed by atoms with Crippen molar-refractivity contribution in [3.8, 4) is 17.6 Å². The van der Waals surface area contributed by atoms with Crippen LogP contribution < -0.4 is 10.1 Å². The SMILES string of the molecule is CCN1CCN(Cc2ccc(C#C[C@]3(CN4Cc5ccc(OC)cc5C4=O)CC(=O)NC3=O)cn2)CC1. The van der Waals surface area contributed by atoms with Gasteiger partial charge < -0.3 is 14.5 Å². The van der Waals surface area contributed by atoms with E-state index < -0.39 is 11.3 Å². The fraction of sp³-hybridized carbons (Fsp3) is 0.429. The number of nitrogens with zero attached hydrogens (tertiary/aromatic N) is 4. The van der Waals surface area contributed by atoms with Crippen molar-refractivity contribution in [2.24, 2.45) is 5.41 Å². The maximum atomic E-state index is 13.1. The molecule has 3 aliphatic heterocycles. The number of amides is 3. The molecule has 1 atom stereocenters. The highest BCUT2D eigenvalue weighted by atomic mass is 16.5. The lowest BCUT2D eigenvalue weighted by Gasteiger charge is -2.33. The van der Waals surface area contributed by atoms with Gasteiger partial charge in [0, 0.05) is 63.1 Å². The van der Waals surface area contributed by atoms with E-state index >= 15 is 0 Å². The van der Waals surface area contributed by atoms with E-state index in [2.05, 4.69) is 38.9 Å². The number of likely N-dealkylation sites (N-methyl/N-ethyl adjacent to an activating group) is 1. The number of methoxy groups -OCH3 is 1. The predicted molar refractivity (Wildman–Crippen MR) is 136 cm³/mol. The van der Waals surface area contributed by atoms with E-state index in [1.165, 1.54) is 0 Å². The maximum absolute atomic E-state index is 13.1. The molecule has 5 rings (SSSR count). The molecular weight excluding hydrogens is 470 g/mol. The molecule has 4 heterocycles. The van der Waals surface area contributed by atoms with Gasteiger partial charge in [0.2, 0.25) is 11.8 Å². The van der Waals surface area contributed by atoms with Crippen LogP contribution in [0.1, 0.15) is 40.5 Å². The van der Waals surface area contributed by atoms with E-state index in [1.807, 2.05) is 18.2 Å². The number of ether oxygens (including phenoxy) is 1. The summed E-state index contributed by atoms with van der Waals surface area (Å²) >= 11 is 0. The first-order valence-corrected chi connectivity index (χ1v) is 12.6. The van der Waals surface area contributed by atoms with E-state index in [0.717, 1.165) is 50.5 Å². The second kappa shape index (κ2) is 10.3. The summed E-state index contributed by atoms with van der Waals surface area (Å²) in [6, 6.07) is 9.20. The number of rotatable bonds is 6. The average Bonchev–Trinajstić information content (AvgIpc) is 3.37. The Morgan fingerprint density at radius 1 is 1.08 bits per heavy atom. The Bertz CT molecular complexity index is 1270. The van der Waals surface area contributed by atoms with E-state index in [0.29, 0.717) is 23.4 Å². The molecule has 0 spiro atoms. The number of hydrogen-bond acceptors (Lipinski definition) is 7. The molecule has 0 bridgehead atoms. The minimum Gasteiger partial charge on any atom is -0.497 e. The first-order valence-electron chi connectivity index (χ1n) is 12.6. The third-order valence-corrected chi connectivity index (χ3v) is 7.38. The highest BCUT2D eigenvalue weighted by molar-refractivity contribution is 6.08. The summed E-state index contributed by atoms with van der Waals surface area (Å²) in [6.07, 6.45) is 1.62. The summed E-state index contributed by atoms with van der Waals surface area (Å²) in [4.78, 5) is 49.1. The quantitative estimate of drug-likeness (QED) is 0.471. The average molecular weight is 502 g/mol. The summed E-state index contributed by atoms with van der Waals surface area (Å²) in [5.74, 6) is 5.63. The molecule has 0 aliphatic carbocycles. The zero-order chi connectivity index (χ0) is 26.0. The normalized spacial score (nSPS) is 22.0. The molecule has 192 valence electrons. The molecule has 0 radical (unpaired) electrons. The first-order chi connectivity index (χ1) is 17.9. The number of imide groups is 1. The molecule has 1 aromatic heterocycles. The van der Waals surface area contributed by atoms with E-state index in [4.69, 9.17) is 4.74 Å². The number of nitrogens with one attached hydrogen (secondary N) is 1. The number of benzene rings is 1. The number of fused-ring (bicyclic) bond motifs is 1. The molecular formula is C28H31N5O4. The molecule has 2 saturated heterocycles. The highest BCUT2D eigenvalue weighted by Crippen LogP contribution is 2.33. The number of pyridine rings is 1. The van der Waals surface area contributed by atoms with Crippen LogP contribution in [0.5, 0.6) is 5.75 Å². The molecule has 1 aromatic carbocycles. The number of aromatic nitrogens is 1. The van der Waals surface area contributed by atoms with Crippen LogP contribution in [0.2, 0.25) is 0 Å². The molecule has 37 heavy (non-hydrogen) atoms. The largest absolute Gasteiger partial charge is 0.497 e. The van der Waals surface area contributed by atoms with Gasteiger partial charge >= 0.3 is 0 Å². The standard InChI is InChI=1S/C28H31N5O4/c1-3-31-10-12-32(13-11-31)18-22-6-4-20(16-29-22)8-9-28(15-25(34)30-27(28)36)19-33-17-21-5-7-23(37-2)14-24(21)26(33)35/h4-7,14,16H,3,10-13,15,17-19H2,1-2H3,(H,30,34,36)/t28-/m1/s1. The van der Waals surface area contributed by atoms with Crippen LogP contribution in [0, 0.1) is 17.3 Å². The smallest absolute Gasteiger partial charge is 0.254 e. The van der Waals surface area contributed by atoms with Crippen molar-refractivity contribution < 1.29 is 19.1 Å². The minimum atomic E-state index is -1.31. The van der Waals surface area contributed by atoms with Crippen molar-refractivity contribution in [1.82, 2.24) is 25.0 Å². The Balaban J connectivity index is 1.30. The van der Waals surface area contributed by atoms with Gasteiger partial charge in [0.05, 0.1) is 19.2 Å². The monoisotopic (exact) mass is 501 g/mol.